The van der Waals surface area contributed by atoms with Gasteiger partial charge >= 0.3 is 0 Å². The molecule has 3 nitrogen and oxygen atoms in total. The molecule has 5 heteroatoms. The average Bonchev–Trinajstić information content (AvgIpc) is 2.79. The lowest BCUT2D eigenvalue weighted by atomic mass is 10.2. The summed E-state index contributed by atoms with van der Waals surface area (Å²) in [5.74, 6) is 1.08. The van der Waals surface area contributed by atoms with Crippen LogP contribution in [-0.2, 0) is 14.6 Å². The number of ether oxygens (including phenoxy) is 1. The van der Waals surface area contributed by atoms with Gasteiger partial charge in [0.05, 0.1) is 9.80 Å². The monoisotopic (exact) mass is 314 g/mol. The zero-order valence-electron chi connectivity index (χ0n) is 11.7. The predicted octanol–water partition coefficient (Wildman–Crippen LogP) is 3.81. The Morgan fingerprint density at radius 2 is 1.95 bits per heavy atom. The molecule has 1 aromatic carbocycles. The van der Waals surface area contributed by atoms with Crippen molar-refractivity contribution in [2.75, 3.05) is 5.88 Å². The van der Waals surface area contributed by atoms with Crippen LogP contribution >= 0.6 is 11.6 Å². The van der Waals surface area contributed by atoms with Crippen molar-refractivity contribution < 1.29 is 13.2 Å². The highest BCUT2D eigenvalue weighted by molar-refractivity contribution is 7.95. The Labute approximate surface area is 125 Å². The summed E-state index contributed by atoms with van der Waals surface area (Å²) in [6, 6.07) is 6.93. The number of alkyl halides is 1. The van der Waals surface area contributed by atoms with Gasteiger partial charge in [-0.3, -0.25) is 0 Å². The molecule has 0 amide bonds. The summed E-state index contributed by atoms with van der Waals surface area (Å²) in [4.78, 5) is 0.748. The van der Waals surface area contributed by atoms with Crippen LogP contribution in [-0.4, -0.2) is 20.4 Å². The van der Waals surface area contributed by atoms with Gasteiger partial charge in [0.1, 0.15) is 11.9 Å². The Balaban J connectivity index is 2.38. The molecule has 0 aromatic heterocycles. The molecule has 1 aliphatic heterocycles. The number of rotatable bonds is 5. The Morgan fingerprint density at radius 3 is 2.55 bits per heavy atom. The number of halogens is 1. The van der Waals surface area contributed by atoms with Gasteiger partial charge in [0, 0.05) is 18.7 Å². The lowest BCUT2D eigenvalue weighted by Gasteiger charge is -2.08. The van der Waals surface area contributed by atoms with Crippen LogP contribution in [0.4, 0.5) is 0 Å². The second-order valence-corrected chi connectivity index (χ2v) is 7.44. The van der Waals surface area contributed by atoms with Gasteiger partial charge in [-0.25, -0.2) is 8.42 Å². The first kappa shape index (κ1) is 15.4. The van der Waals surface area contributed by atoms with Crippen LogP contribution in [0, 0.1) is 6.92 Å². The summed E-state index contributed by atoms with van der Waals surface area (Å²) in [7, 11) is -3.46. The van der Waals surface area contributed by atoms with Gasteiger partial charge in [-0.15, -0.1) is 11.6 Å². The number of aryl methyl sites for hydroxylation is 1. The van der Waals surface area contributed by atoms with Crippen LogP contribution < -0.4 is 0 Å². The van der Waals surface area contributed by atoms with Gasteiger partial charge in [0.2, 0.25) is 9.84 Å². The highest BCUT2D eigenvalue weighted by Gasteiger charge is 2.32. The average molecular weight is 315 g/mol. The quantitative estimate of drug-likeness (QED) is 0.776. The molecule has 0 radical (unpaired) electrons. The molecule has 1 aliphatic rings. The van der Waals surface area contributed by atoms with E-state index in [1.165, 1.54) is 0 Å². The fraction of sp³-hybridized carbons (Fsp3) is 0.467. The first-order valence-corrected chi connectivity index (χ1v) is 8.73. The molecular formula is C15H19ClO3S. The van der Waals surface area contributed by atoms with Crippen molar-refractivity contribution in [3.05, 3.63) is 40.5 Å². The maximum atomic E-state index is 12.7. The van der Waals surface area contributed by atoms with E-state index in [9.17, 15) is 8.42 Å². The smallest absolute Gasteiger partial charge is 0.206 e. The molecule has 0 spiro atoms. The molecule has 0 fully saturated rings. The number of benzene rings is 1. The maximum absolute atomic E-state index is 12.7. The van der Waals surface area contributed by atoms with Gasteiger partial charge in [0.15, 0.2) is 0 Å². The third-order valence-corrected chi connectivity index (χ3v) is 5.52. The molecule has 110 valence electrons. The van der Waals surface area contributed by atoms with Crippen LogP contribution in [0.1, 0.15) is 31.7 Å². The highest BCUT2D eigenvalue weighted by atomic mass is 35.5. The van der Waals surface area contributed by atoms with Gasteiger partial charge in [-0.2, -0.15) is 0 Å². The van der Waals surface area contributed by atoms with Crippen molar-refractivity contribution in [2.45, 2.75) is 44.1 Å². The van der Waals surface area contributed by atoms with Crippen LogP contribution in [0.15, 0.2) is 39.8 Å². The van der Waals surface area contributed by atoms with Crippen LogP contribution in [0.25, 0.3) is 0 Å². The number of hydrogen-bond donors (Lipinski definition) is 0. The molecule has 20 heavy (non-hydrogen) atoms. The fourth-order valence-electron chi connectivity index (χ4n) is 2.27. The van der Waals surface area contributed by atoms with Crippen molar-refractivity contribution in [1.82, 2.24) is 0 Å². The lowest BCUT2D eigenvalue weighted by molar-refractivity contribution is 0.152. The Bertz CT molecular complexity index is 603. The lowest BCUT2D eigenvalue weighted by Crippen LogP contribution is -2.06. The third-order valence-electron chi connectivity index (χ3n) is 3.32. The standard InChI is InChI=1S/C15H19ClO3S/c1-11-5-7-13(8-6-11)20(17,18)15-10-12(2)19-14(15)4-3-9-16/h5-8,12H,3-4,9-10H2,1-2H3/t12-/m0/s1. The fourth-order valence-corrected chi connectivity index (χ4v) is 4.09. The van der Waals surface area contributed by atoms with E-state index in [4.69, 9.17) is 16.3 Å². The molecule has 0 N–H and O–H groups in total. The van der Waals surface area contributed by atoms with Crippen LogP contribution in [0.2, 0.25) is 0 Å². The summed E-state index contributed by atoms with van der Waals surface area (Å²) >= 11 is 5.69. The highest BCUT2D eigenvalue weighted by Crippen LogP contribution is 2.35. The van der Waals surface area contributed by atoms with Gasteiger partial charge in [0.25, 0.3) is 0 Å². The topological polar surface area (TPSA) is 43.4 Å². The predicted molar refractivity (Wildman–Crippen MR) is 80.5 cm³/mol. The third kappa shape index (κ3) is 3.18. The molecule has 0 bridgehead atoms. The number of allylic oxidation sites excluding steroid dienone is 1. The van der Waals surface area contributed by atoms with Gasteiger partial charge in [-0.1, -0.05) is 17.7 Å². The summed E-state index contributed by atoms with van der Waals surface area (Å²) in [5, 5.41) is 0. The zero-order chi connectivity index (χ0) is 14.8. The van der Waals surface area contributed by atoms with E-state index in [0.29, 0.717) is 34.3 Å². The van der Waals surface area contributed by atoms with Crippen LogP contribution in [0.3, 0.4) is 0 Å². The summed E-state index contributed by atoms with van der Waals surface area (Å²) in [5.41, 5.74) is 1.04. The largest absolute Gasteiger partial charge is 0.494 e. The molecule has 0 saturated carbocycles. The van der Waals surface area contributed by atoms with E-state index >= 15 is 0 Å². The second-order valence-electron chi connectivity index (χ2n) is 5.09. The normalized spacial score (nSPS) is 19.2. The van der Waals surface area contributed by atoms with Crippen molar-refractivity contribution in [3.8, 4) is 0 Å². The minimum absolute atomic E-state index is 0.0875. The summed E-state index contributed by atoms with van der Waals surface area (Å²) < 4.78 is 31.0. The second kappa shape index (κ2) is 6.19. The van der Waals surface area contributed by atoms with E-state index in [-0.39, 0.29) is 6.10 Å². The van der Waals surface area contributed by atoms with E-state index in [2.05, 4.69) is 0 Å². The molecule has 0 saturated heterocycles. The van der Waals surface area contributed by atoms with E-state index in [1.54, 1.807) is 12.1 Å². The van der Waals surface area contributed by atoms with E-state index in [1.807, 2.05) is 26.0 Å². The minimum atomic E-state index is -3.46. The maximum Gasteiger partial charge on any atom is 0.206 e. The first-order valence-electron chi connectivity index (χ1n) is 6.71. The minimum Gasteiger partial charge on any atom is -0.494 e. The van der Waals surface area contributed by atoms with Gasteiger partial charge < -0.3 is 4.74 Å². The van der Waals surface area contributed by atoms with Gasteiger partial charge in [-0.05, 0) is 32.4 Å². The molecular weight excluding hydrogens is 296 g/mol. The van der Waals surface area contributed by atoms with Crippen molar-refractivity contribution in [1.29, 1.82) is 0 Å². The Hall–Kier alpha value is -1.00. The zero-order valence-corrected chi connectivity index (χ0v) is 13.3. The SMILES string of the molecule is Cc1ccc(S(=O)(=O)C2=C(CCCCl)O[C@@H](C)C2)cc1. The molecule has 1 aromatic rings. The number of sulfone groups is 1. The first-order chi connectivity index (χ1) is 9.45. The van der Waals surface area contributed by atoms with E-state index < -0.39 is 9.84 Å². The molecule has 0 aliphatic carbocycles. The molecule has 1 heterocycles. The number of hydrogen-bond acceptors (Lipinski definition) is 3. The van der Waals surface area contributed by atoms with Crippen LogP contribution in [0.5, 0.6) is 0 Å². The summed E-state index contributed by atoms with van der Waals surface area (Å²) in [6.45, 7) is 3.82. The Morgan fingerprint density at radius 1 is 1.30 bits per heavy atom. The van der Waals surface area contributed by atoms with Crippen molar-refractivity contribution in [3.63, 3.8) is 0 Å². The van der Waals surface area contributed by atoms with Crippen molar-refractivity contribution >= 4 is 21.4 Å². The van der Waals surface area contributed by atoms with Crippen molar-refractivity contribution in [2.24, 2.45) is 0 Å². The molecule has 1 atom stereocenters. The summed E-state index contributed by atoms with van der Waals surface area (Å²) in [6.07, 6.45) is 1.65. The Kier molecular flexibility index (Phi) is 4.76. The van der Waals surface area contributed by atoms with E-state index in [0.717, 1.165) is 12.0 Å². The molecule has 2 rings (SSSR count). The molecule has 0 unspecified atom stereocenters.